The zero-order chi connectivity index (χ0) is 9.10. The van der Waals surface area contributed by atoms with E-state index in [1.807, 2.05) is 12.2 Å². The predicted octanol–water partition coefficient (Wildman–Crippen LogP) is 2.73. The van der Waals surface area contributed by atoms with Gasteiger partial charge in [-0.1, -0.05) is 24.3 Å². The standard InChI is InChI=1S/C10H9ClN2/c11-10-12-6-9(7-13-10)8-4-2-1-3-5-8/h1-4,6-8H,5H2. The molecule has 0 saturated carbocycles. The Balaban J connectivity index is 2.21. The molecular weight excluding hydrogens is 184 g/mol. The summed E-state index contributed by atoms with van der Waals surface area (Å²) in [6.45, 7) is 0. The van der Waals surface area contributed by atoms with Gasteiger partial charge in [0.15, 0.2) is 0 Å². The molecule has 1 aliphatic rings. The van der Waals surface area contributed by atoms with Gasteiger partial charge >= 0.3 is 0 Å². The van der Waals surface area contributed by atoms with Gasteiger partial charge in [-0.25, -0.2) is 9.97 Å². The molecule has 3 heteroatoms. The van der Waals surface area contributed by atoms with Gasteiger partial charge in [0, 0.05) is 18.3 Å². The van der Waals surface area contributed by atoms with E-state index >= 15 is 0 Å². The van der Waals surface area contributed by atoms with Gasteiger partial charge in [0.2, 0.25) is 5.28 Å². The molecule has 1 aliphatic carbocycles. The van der Waals surface area contributed by atoms with E-state index in [2.05, 4.69) is 22.1 Å². The lowest BCUT2D eigenvalue weighted by Crippen LogP contribution is -1.97. The fourth-order valence-electron chi connectivity index (χ4n) is 1.34. The van der Waals surface area contributed by atoms with Crippen molar-refractivity contribution in [1.29, 1.82) is 0 Å². The van der Waals surface area contributed by atoms with Gasteiger partial charge in [0.25, 0.3) is 0 Å². The molecule has 0 bridgehead atoms. The van der Waals surface area contributed by atoms with E-state index in [4.69, 9.17) is 11.6 Å². The zero-order valence-electron chi connectivity index (χ0n) is 7.02. The maximum atomic E-state index is 5.60. The molecule has 0 aromatic carbocycles. The first-order valence-electron chi connectivity index (χ1n) is 4.17. The lowest BCUT2D eigenvalue weighted by atomic mass is 9.95. The van der Waals surface area contributed by atoms with E-state index in [0.717, 1.165) is 12.0 Å². The first-order valence-corrected chi connectivity index (χ1v) is 4.55. The van der Waals surface area contributed by atoms with E-state index in [1.165, 1.54) is 0 Å². The molecule has 0 radical (unpaired) electrons. The summed E-state index contributed by atoms with van der Waals surface area (Å²) in [5.41, 5.74) is 1.12. The third-order valence-electron chi connectivity index (χ3n) is 2.05. The maximum Gasteiger partial charge on any atom is 0.222 e. The minimum atomic E-state index is 0.305. The molecule has 0 saturated heterocycles. The van der Waals surface area contributed by atoms with Gasteiger partial charge in [-0.15, -0.1) is 0 Å². The smallest absolute Gasteiger partial charge is 0.222 e. The Morgan fingerprint density at radius 3 is 2.62 bits per heavy atom. The summed E-state index contributed by atoms with van der Waals surface area (Å²) < 4.78 is 0. The first kappa shape index (κ1) is 8.45. The second kappa shape index (κ2) is 3.71. The van der Waals surface area contributed by atoms with Crippen molar-refractivity contribution in [2.75, 3.05) is 0 Å². The lowest BCUT2D eigenvalue weighted by Gasteiger charge is -2.11. The summed E-state index contributed by atoms with van der Waals surface area (Å²) in [6, 6.07) is 0. The molecule has 0 N–H and O–H groups in total. The van der Waals surface area contributed by atoms with Crippen LogP contribution in [0.3, 0.4) is 0 Å². The van der Waals surface area contributed by atoms with Crippen LogP contribution in [0, 0.1) is 0 Å². The van der Waals surface area contributed by atoms with Crippen LogP contribution in [0.25, 0.3) is 0 Å². The average molecular weight is 193 g/mol. The molecule has 13 heavy (non-hydrogen) atoms. The molecule has 1 heterocycles. The van der Waals surface area contributed by atoms with Crippen LogP contribution in [0.1, 0.15) is 17.9 Å². The van der Waals surface area contributed by atoms with Crippen LogP contribution in [-0.4, -0.2) is 9.97 Å². The van der Waals surface area contributed by atoms with Crippen molar-refractivity contribution >= 4 is 11.6 Å². The highest BCUT2D eigenvalue weighted by Crippen LogP contribution is 2.23. The van der Waals surface area contributed by atoms with Crippen molar-refractivity contribution in [3.63, 3.8) is 0 Å². The van der Waals surface area contributed by atoms with E-state index < -0.39 is 0 Å². The third-order valence-corrected chi connectivity index (χ3v) is 2.24. The molecular formula is C10H9ClN2. The second-order valence-electron chi connectivity index (χ2n) is 2.94. The van der Waals surface area contributed by atoms with Gasteiger partial charge in [-0.3, -0.25) is 0 Å². The molecule has 0 fully saturated rings. The topological polar surface area (TPSA) is 25.8 Å². The fraction of sp³-hybridized carbons (Fsp3) is 0.200. The highest BCUT2D eigenvalue weighted by Gasteiger charge is 2.08. The molecule has 66 valence electrons. The van der Waals surface area contributed by atoms with Crippen LogP contribution >= 0.6 is 11.6 Å². The van der Waals surface area contributed by atoms with Crippen molar-refractivity contribution in [3.8, 4) is 0 Å². The van der Waals surface area contributed by atoms with Crippen molar-refractivity contribution < 1.29 is 0 Å². The number of allylic oxidation sites excluding steroid dienone is 4. The van der Waals surface area contributed by atoms with E-state index in [0.29, 0.717) is 11.2 Å². The number of hydrogen-bond acceptors (Lipinski definition) is 2. The van der Waals surface area contributed by atoms with Crippen LogP contribution in [0.4, 0.5) is 0 Å². The Hall–Kier alpha value is -1.15. The zero-order valence-corrected chi connectivity index (χ0v) is 7.78. The van der Waals surface area contributed by atoms with E-state index in [-0.39, 0.29) is 0 Å². The molecule has 0 spiro atoms. The number of nitrogens with zero attached hydrogens (tertiary/aromatic N) is 2. The van der Waals surface area contributed by atoms with E-state index in [9.17, 15) is 0 Å². The summed E-state index contributed by atoms with van der Waals surface area (Å²) in [7, 11) is 0. The summed E-state index contributed by atoms with van der Waals surface area (Å²) in [5.74, 6) is 0.405. The summed E-state index contributed by atoms with van der Waals surface area (Å²) in [6.07, 6.45) is 13.0. The quantitative estimate of drug-likeness (QED) is 0.640. The highest BCUT2D eigenvalue weighted by molar-refractivity contribution is 6.28. The molecule has 2 rings (SSSR count). The minimum absolute atomic E-state index is 0.305. The molecule has 1 aromatic heterocycles. The van der Waals surface area contributed by atoms with E-state index in [1.54, 1.807) is 12.4 Å². The Morgan fingerprint density at radius 1 is 1.23 bits per heavy atom. The Morgan fingerprint density at radius 2 is 2.00 bits per heavy atom. The van der Waals surface area contributed by atoms with Crippen LogP contribution in [0.2, 0.25) is 5.28 Å². The molecule has 2 nitrogen and oxygen atoms in total. The molecule has 1 unspecified atom stereocenters. The number of hydrogen-bond donors (Lipinski definition) is 0. The molecule has 0 amide bonds. The second-order valence-corrected chi connectivity index (χ2v) is 3.28. The lowest BCUT2D eigenvalue weighted by molar-refractivity contribution is 0.836. The Kier molecular flexibility index (Phi) is 2.41. The normalized spacial score (nSPS) is 20.5. The van der Waals surface area contributed by atoms with Crippen molar-refractivity contribution in [3.05, 3.63) is 47.5 Å². The van der Waals surface area contributed by atoms with Crippen LogP contribution in [-0.2, 0) is 0 Å². The highest BCUT2D eigenvalue weighted by atomic mass is 35.5. The van der Waals surface area contributed by atoms with Gasteiger partial charge in [0.1, 0.15) is 0 Å². The molecule has 1 aromatic rings. The van der Waals surface area contributed by atoms with Gasteiger partial charge in [-0.05, 0) is 23.6 Å². The van der Waals surface area contributed by atoms with Gasteiger partial charge < -0.3 is 0 Å². The van der Waals surface area contributed by atoms with Crippen LogP contribution in [0.5, 0.6) is 0 Å². The summed E-state index contributed by atoms with van der Waals surface area (Å²) in [4.78, 5) is 7.90. The fourth-order valence-corrected chi connectivity index (χ4v) is 1.44. The maximum absolute atomic E-state index is 5.60. The number of rotatable bonds is 1. The van der Waals surface area contributed by atoms with Crippen LogP contribution < -0.4 is 0 Å². The SMILES string of the molecule is Clc1ncc(C2C=CC=CC2)cn1. The van der Waals surface area contributed by atoms with Crippen LogP contribution in [0.15, 0.2) is 36.7 Å². The predicted molar refractivity (Wildman–Crippen MR) is 52.7 cm³/mol. The Labute approximate surface area is 82.0 Å². The average Bonchev–Trinajstić information content (AvgIpc) is 2.20. The van der Waals surface area contributed by atoms with Crippen molar-refractivity contribution in [2.24, 2.45) is 0 Å². The minimum Gasteiger partial charge on any atom is -0.226 e. The summed E-state index contributed by atoms with van der Waals surface area (Å²) >= 11 is 5.60. The summed E-state index contributed by atoms with van der Waals surface area (Å²) in [5, 5.41) is 0.305. The van der Waals surface area contributed by atoms with Gasteiger partial charge in [-0.2, -0.15) is 0 Å². The number of halogens is 1. The van der Waals surface area contributed by atoms with Gasteiger partial charge in [0.05, 0.1) is 0 Å². The van der Waals surface area contributed by atoms with Crippen molar-refractivity contribution in [1.82, 2.24) is 9.97 Å². The number of aromatic nitrogens is 2. The largest absolute Gasteiger partial charge is 0.226 e. The third kappa shape index (κ3) is 1.95. The molecule has 0 aliphatic heterocycles. The Bertz CT molecular complexity index is 340. The molecule has 1 atom stereocenters. The van der Waals surface area contributed by atoms with Crippen molar-refractivity contribution in [2.45, 2.75) is 12.3 Å². The monoisotopic (exact) mass is 192 g/mol. The first-order chi connectivity index (χ1) is 6.36.